The van der Waals surface area contributed by atoms with Gasteiger partial charge in [-0.3, -0.25) is 9.59 Å². The second-order valence-corrected chi connectivity index (χ2v) is 6.21. The molecule has 0 aliphatic carbocycles. The molecule has 2 rings (SSSR count). The van der Waals surface area contributed by atoms with E-state index in [-0.39, 0.29) is 18.1 Å². The van der Waals surface area contributed by atoms with E-state index in [2.05, 4.69) is 13.8 Å². The second kappa shape index (κ2) is 7.25. The fourth-order valence-corrected chi connectivity index (χ4v) is 3.55. The molecular weight excluding hydrogens is 270 g/mol. The lowest BCUT2D eigenvalue weighted by Crippen LogP contribution is -2.46. The van der Waals surface area contributed by atoms with E-state index in [0.717, 1.165) is 51.6 Å². The van der Waals surface area contributed by atoms with Gasteiger partial charge in [0, 0.05) is 13.1 Å². The molecule has 2 fully saturated rings. The molecule has 21 heavy (non-hydrogen) atoms. The number of hydrogen-bond acceptors (Lipinski definition) is 3. The Morgan fingerprint density at radius 1 is 1.05 bits per heavy atom. The molecule has 0 radical (unpaired) electrons. The highest BCUT2D eigenvalue weighted by Crippen LogP contribution is 2.44. The third kappa shape index (κ3) is 3.39. The van der Waals surface area contributed by atoms with Crippen LogP contribution in [0.25, 0.3) is 0 Å². The first kappa shape index (κ1) is 16.3. The number of fused-ring (bicyclic) bond motifs is 2. The molecular formula is C16H27NO4. The SMILES string of the molecule is CCCCN(CCCC)C(=O)[C@@H]1[C@H](C(=O)O)[C@H]2CC[C@H]1O2. The smallest absolute Gasteiger partial charge is 0.310 e. The summed E-state index contributed by atoms with van der Waals surface area (Å²) >= 11 is 0. The molecule has 2 bridgehead atoms. The van der Waals surface area contributed by atoms with Gasteiger partial charge in [0.1, 0.15) is 0 Å². The number of aliphatic carboxylic acids is 1. The maximum atomic E-state index is 12.8. The molecule has 2 saturated heterocycles. The van der Waals surface area contributed by atoms with Crippen molar-refractivity contribution in [1.82, 2.24) is 4.90 Å². The number of amides is 1. The summed E-state index contributed by atoms with van der Waals surface area (Å²) in [6.07, 6.45) is 5.14. The van der Waals surface area contributed by atoms with Crippen molar-refractivity contribution in [3.05, 3.63) is 0 Å². The molecule has 1 amide bonds. The van der Waals surface area contributed by atoms with Gasteiger partial charge in [0.05, 0.1) is 24.0 Å². The lowest BCUT2D eigenvalue weighted by Gasteiger charge is -2.30. The Hall–Kier alpha value is -1.10. The minimum Gasteiger partial charge on any atom is -0.481 e. The van der Waals surface area contributed by atoms with Crippen LogP contribution >= 0.6 is 0 Å². The van der Waals surface area contributed by atoms with Crippen molar-refractivity contribution >= 4 is 11.9 Å². The standard InChI is InChI=1S/C16H27NO4/c1-3-5-9-17(10-6-4-2)15(18)13-11-7-8-12(21-11)14(13)16(19)20/h11-14H,3-10H2,1-2H3,(H,19,20)/t11-,12-,13+,14-/m1/s1. The highest BCUT2D eigenvalue weighted by molar-refractivity contribution is 5.86. The zero-order chi connectivity index (χ0) is 15.4. The van der Waals surface area contributed by atoms with Gasteiger partial charge >= 0.3 is 5.97 Å². The molecule has 0 unspecified atom stereocenters. The van der Waals surface area contributed by atoms with Crippen molar-refractivity contribution in [2.24, 2.45) is 11.8 Å². The lowest BCUT2D eigenvalue weighted by atomic mass is 9.78. The van der Waals surface area contributed by atoms with E-state index in [1.807, 2.05) is 4.90 Å². The largest absolute Gasteiger partial charge is 0.481 e. The Kier molecular flexibility index (Phi) is 5.62. The van der Waals surface area contributed by atoms with E-state index in [0.29, 0.717) is 0 Å². The van der Waals surface area contributed by atoms with E-state index in [1.54, 1.807) is 0 Å². The van der Waals surface area contributed by atoms with Crippen molar-refractivity contribution in [1.29, 1.82) is 0 Å². The van der Waals surface area contributed by atoms with Gasteiger partial charge in [-0.25, -0.2) is 0 Å². The molecule has 2 aliphatic heterocycles. The van der Waals surface area contributed by atoms with Crippen LogP contribution in [0.15, 0.2) is 0 Å². The highest BCUT2D eigenvalue weighted by Gasteiger charge is 2.56. The fourth-order valence-electron chi connectivity index (χ4n) is 3.55. The van der Waals surface area contributed by atoms with Crippen LogP contribution in [0.4, 0.5) is 0 Å². The number of nitrogens with zero attached hydrogens (tertiary/aromatic N) is 1. The number of carbonyl (C=O) groups excluding carboxylic acids is 1. The van der Waals surface area contributed by atoms with Crippen LogP contribution in [0.2, 0.25) is 0 Å². The van der Waals surface area contributed by atoms with Gasteiger partial charge in [-0.15, -0.1) is 0 Å². The number of ether oxygens (including phenoxy) is 1. The first-order valence-electron chi connectivity index (χ1n) is 8.27. The van der Waals surface area contributed by atoms with Crippen LogP contribution in [-0.2, 0) is 14.3 Å². The number of carbonyl (C=O) groups is 2. The van der Waals surface area contributed by atoms with Gasteiger partial charge in [0.15, 0.2) is 0 Å². The van der Waals surface area contributed by atoms with Crippen LogP contribution in [0.5, 0.6) is 0 Å². The van der Waals surface area contributed by atoms with Crippen LogP contribution in [0, 0.1) is 11.8 Å². The zero-order valence-corrected chi connectivity index (χ0v) is 13.1. The predicted octanol–water partition coefficient (Wildman–Crippen LogP) is 2.29. The number of carboxylic acid groups (broad SMARTS) is 1. The topological polar surface area (TPSA) is 66.8 Å². The quantitative estimate of drug-likeness (QED) is 0.746. The summed E-state index contributed by atoms with van der Waals surface area (Å²) in [5, 5.41) is 9.44. The summed E-state index contributed by atoms with van der Waals surface area (Å²) in [6.45, 7) is 5.66. The molecule has 0 saturated carbocycles. The van der Waals surface area contributed by atoms with Crippen molar-refractivity contribution in [3.8, 4) is 0 Å². The monoisotopic (exact) mass is 297 g/mol. The van der Waals surface area contributed by atoms with Crippen molar-refractivity contribution < 1.29 is 19.4 Å². The van der Waals surface area contributed by atoms with E-state index in [9.17, 15) is 14.7 Å². The molecule has 120 valence electrons. The normalized spacial score (nSPS) is 30.6. The summed E-state index contributed by atoms with van der Waals surface area (Å²) in [7, 11) is 0. The third-order valence-corrected chi connectivity index (χ3v) is 4.72. The summed E-state index contributed by atoms with van der Waals surface area (Å²) < 4.78 is 5.71. The summed E-state index contributed by atoms with van der Waals surface area (Å²) in [4.78, 5) is 26.2. The van der Waals surface area contributed by atoms with Gasteiger partial charge in [-0.05, 0) is 25.7 Å². The van der Waals surface area contributed by atoms with Crippen molar-refractivity contribution in [3.63, 3.8) is 0 Å². The Balaban J connectivity index is 2.08. The first-order valence-corrected chi connectivity index (χ1v) is 8.27. The third-order valence-electron chi connectivity index (χ3n) is 4.72. The van der Waals surface area contributed by atoms with Gasteiger partial charge in [0.2, 0.25) is 5.91 Å². The number of unbranched alkanes of at least 4 members (excludes halogenated alkanes) is 2. The molecule has 2 aliphatic rings. The molecule has 5 nitrogen and oxygen atoms in total. The summed E-state index contributed by atoms with van der Waals surface area (Å²) in [6, 6.07) is 0. The molecule has 1 N–H and O–H groups in total. The average molecular weight is 297 g/mol. The molecule has 4 atom stereocenters. The second-order valence-electron chi connectivity index (χ2n) is 6.21. The molecule has 5 heteroatoms. The molecule has 2 heterocycles. The molecule has 0 aromatic rings. The van der Waals surface area contributed by atoms with Gasteiger partial charge in [-0.2, -0.15) is 0 Å². The van der Waals surface area contributed by atoms with E-state index >= 15 is 0 Å². The molecule has 0 spiro atoms. The van der Waals surface area contributed by atoms with Crippen molar-refractivity contribution in [2.45, 2.75) is 64.6 Å². The average Bonchev–Trinajstić information content (AvgIpc) is 3.07. The summed E-state index contributed by atoms with van der Waals surface area (Å²) in [5.41, 5.74) is 0. The number of carboxylic acids is 1. The molecule has 0 aromatic carbocycles. The first-order chi connectivity index (χ1) is 10.1. The minimum atomic E-state index is -0.883. The van der Waals surface area contributed by atoms with Crippen LogP contribution in [0.3, 0.4) is 0 Å². The van der Waals surface area contributed by atoms with Crippen LogP contribution in [0.1, 0.15) is 52.4 Å². The fraction of sp³-hybridized carbons (Fsp3) is 0.875. The Morgan fingerprint density at radius 2 is 1.57 bits per heavy atom. The minimum absolute atomic E-state index is 0.00324. The van der Waals surface area contributed by atoms with Gasteiger partial charge < -0.3 is 14.7 Å². The Labute approximate surface area is 126 Å². The maximum absolute atomic E-state index is 12.8. The Morgan fingerprint density at radius 3 is 2.05 bits per heavy atom. The number of rotatable bonds is 8. The van der Waals surface area contributed by atoms with Crippen molar-refractivity contribution in [2.75, 3.05) is 13.1 Å². The number of hydrogen-bond donors (Lipinski definition) is 1. The van der Waals surface area contributed by atoms with E-state index in [1.165, 1.54) is 0 Å². The molecule has 0 aromatic heterocycles. The van der Waals surface area contributed by atoms with Crippen LogP contribution < -0.4 is 0 Å². The lowest BCUT2D eigenvalue weighted by molar-refractivity contribution is -0.151. The maximum Gasteiger partial charge on any atom is 0.310 e. The zero-order valence-electron chi connectivity index (χ0n) is 13.1. The van der Waals surface area contributed by atoms with Gasteiger partial charge in [-0.1, -0.05) is 26.7 Å². The Bertz CT molecular complexity index is 376. The summed E-state index contributed by atoms with van der Waals surface area (Å²) in [5.74, 6) is -2.01. The van der Waals surface area contributed by atoms with E-state index in [4.69, 9.17) is 4.74 Å². The highest BCUT2D eigenvalue weighted by atomic mass is 16.5. The van der Waals surface area contributed by atoms with Crippen LogP contribution in [-0.4, -0.2) is 47.2 Å². The predicted molar refractivity (Wildman–Crippen MR) is 78.9 cm³/mol. The van der Waals surface area contributed by atoms with E-state index < -0.39 is 17.8 Å². The van der Waals surface area contributed by atoms with Gasteiger partial charge in [0.25, 0.3) is 0 Å².